The van der Waals surface area contributed by atoms with Crippen LogP contribution in [0.15, 0.2) is 83.7 Å². The van der Waals surface area contributed by atoms with Crippen molar-refractivity contribution in [1.29, 1.82) is 0 Å². The molecule has 0 amide bonds. The van der Waals surface area contributed by atoms with Crippen molar-refractivity contribution in [3.63, 3.8) is 0 Å². The van der Waals surface area contributed by atoms with Gasteiger partial charge in [0.2, 0.25) is 0 Å². The SMILES string of the molecule is C/C=C1/O/C(=C\c2ccc(N(CCC)CCCC)cc2)C(=O)/C(=C/c2ccc(N(CCC)CCCC)cc2)O/C1=C/C. The van der Waals surface area contributed by atoms with Gasteiger partial charge >= 0.3 is 0 Å². The molecule has 0 aromatic heterocycles. The van der Waals surface area contributed by atoms with Crippen LogP contribution in [0.4, 0.5) is 11.4 Å². The number of nitrogens with zero attached hydrogens (tertiary/aromatic N) is 2. The van der Waals surface area contributed by atoms with Crippen molar-refractivity contribution in [2.45, 2.75) is 80.1 Å². The quantitative estimate of drug-likeness (QED) is 0.212. The molecule has 2 aromatic rings. The third-order valence-corrected chi connectivity index (χ3v) is 7.32. The maximum atomic E-state index is 13.8. The topological polar surface area (TPSA) is 42.0 Å². The lowest BCUT2D eigenvalue weighted by molar-refractivity contribution is -0.116. The van der Waals surface area contributed by atoms with Gasteiger partial charge in [-0.3, -0.25) is 4.79 Å². The first-order valence-electron chi connectivity index (χ1n) is 15.8. The summed E-state index contributed by atoms with van der Waals surface area (Å²) in [4.78, 5) is 18.6. The summed E-state index contributed by atoms with van der Waals surface area (Å²) < 4.78 is 12.3. The van der Waals surface area contributed by atoms with Gasteiger partial charge in [-0.05, 0) is 99.2 Å². The second kappa shape index (κ2) is 17.3. The summed E-state index contributed by atoms with van der Waals surface area (Å²) in [5, 5.41) is 0. The molecule has 5 nitrogen and oxygen atoms in total. The Bertz CT molecular complexity index is 1160. The number of allylic oxidation sites excluding steroid dienone is 2. The van der Waals surface area contributed by atoms with E-state index < -0.39 is 0 Å². The first-order valence-corrected chi connectivity index (χ1v) is 15.8. The zero-order valence-electron chi connectivity index (χ0n) is 26.6. The molecule has 1 saturated heterocycles. The van der Waals surface area contributed by atoms with E-state index in [2.05, 4.69) is 61.8 Å². The van der Waals surface area contributed by atoms with Gasteiger partial charge in [-0.25, -0.2) is 0 Å². The van der Waals surface area contributed by atoms with Crippen LogP contribution in [0.3, 0.4) is 0 Å². The van der Waals surface area contributed by atoms with Crippen LogP contribution in [0.1, 0.15) is 91.2 Å². The minimum Gasteiger partial charge on any atom is -0.450 e. The maximum Gasteiger partial charge on any atom is 0.263 e. The normalized spacial score (nSPS) is 17.4. The molecule has 226 valence electrons. The summed E-state index contributed by atoms with van der Waals surface area (Å²) in [6.07, 6.45) is 14.1. The monoisotopic (exact) mass is 570 g/mol. The minimum absolute atomic E-state index is 0.237. The van der Waals surface area contributed by atoms with E-state index in [0.717, 1.165) is 50.1 Å². The largest absolute Gasteiger partial charge is 0.450 e. The maximum absolute atomic E-state index is 13.8. The molecule has 0 bridgehead atoms. The van der Waals surface area contributed by atoms with Gasteiger partial charge in [0.05, 0.1) is 0 Å². The van der Waals surface area contributed by atoms with Crippen LogP contribution in [-0.4, -0.2) is 32.0 Å². The Morgan fingerprint density at radius 3 is 1.24 bits per heavy atom. The van der Waals surface area contributed by atoms with E-state index in [-0.39, 0.29) is 17.3 Å². The number of carbonyl (C=O) groups excluding carboxylic acids is 1. The van der Waals surface area contributed by atoms with Crippen molar-refractivity contribution >= 4 is 29.3 Å². The molecule has 0 unspecified atom stereocenters. The zero-order valence-corrected chi connectivity index (χ0v) is 26.6. The lowest BCUT2D eigenvalue weighted by Crippen LogP contribution is -2.25. The van der Waals surface area contributed by atoms with E-state index in [1.807, 2.05) is 50.3 Å². The Morgan fingerprint density at radius 2 is 0.929 bits per heavy atom. The average molecular weight is 571 g/mol. The van der Waals surface area contributed by atoms with Crippen molar-refractivity contribution in [3.8, 4) is 0 Å². The third kappa shape index (κ3) is 9.14. The average Bonchev–Trinajstić information content (AvgIpc) is 3.14. The molecular formula is C37H50N2O3. The summed E-state index contributed by atoms with van der Waals surface area (Å²) >= 11 is 0. The molecule has 1 aliphatic rings. The highest BCUT2D eigenvalue weighted by Crippen LogP contribution is 2.30. The first kappa shape index (κ1) is 32.8. The van der Waals surface area contributed by atoms with Crippen LogP contribution < -0.4 is 9.80 Å². The number of Topliss-reactive ketones (excluding diaryl/α,β-unsaturated/α-hetero) is 1. The van der Waals surface area contributed by atoms with E-state index in [1.165, 1.54) is 37.1 Å². The molecule has 2 aromatic carbocycles. The molecule has 1 aliphatic heterocycles. The number of hydrogen-bond donors (Lipinski definition) is 0. The van der Waals surface area contributed by atoms with Gasteiger partial charge < -0.3 is 19.3 Å². The molecule has 0 radical (unpaired) electrons. The fourth-order valence-corrected chi connectivity index (χ4v) is 4.99. The van der Waals surface area contributed by atoms with Gasteiger partial charge in [0.1, 0.15) is 0 Å². The molecule has 3 rings (SSSR count). The smallest absolute Gasteiger partial charge is 0.263 e. The predicted octanol–water partition coefficient (Wildman–Crippen LogP) is 9.53. The molecule has 42 heavy (non-hydrogen) atoms. The highest BCUT2D eigenvalue weighted by molar-refractivity contribution is 6.11. The second-order valence-electron chi connectivity index (χ2n) is 10.7. The standard InChI is InChI=1S/C37H50N2O3/c1-7-13-25-38(23-9-3)31-19-15-29(16-20-31)27-35-37(40)36(42-34(12-6)33(11-5)41-35)28-30-17-21-32(22-18-30)39(24-10-4)26-14-8-2/h11-12,15-22,27-28H,7-10,13-14,23-26H2,1-6H3/b33-11+,34-12+,35-27-,36-28-. The Kier molecular flexibility index (Phi) is 13.5. The lowest BCUT2D eigenvalue weighted by Gasteiger charge is -2.24. The summed E-state index contributed by atoms with van der Waals surface area (Å²) in [6, 6.07) is 16.7. The third-order valence-electron chi connectivity index (χ3n) is 7.32. The van der Waals surface area contributed by atoms with E-state index in [9.17, 15) is 4.79 Å². The summed E-state index contributed by atoms with van der Waals surface area (Å²) in [5.41, 5.74) is 4.20. The number of ketones is 1. The van der Waals surface area contributed by atoms with E-state index >= 15 is 0 Å². The first-order chi connectivity index (χ1) is 20.5. The number of hydrogen-bond acceptors (Lipinski definition) is 5. The summed E-state index contributed by atoms with van der Waals surface area (Å²) in [5.74, 6) is 1.23. The Hall–Kier alpha value is -3.73. The molecule has 0 atom stereocenters. The van der Waals surface area contributed by atoms with Crippen LogP contribution in [0, 0.1) is 0 Å². The highest BCUT2D eigenvalue weighted by Gasteiger charge is 2.27. The fraction of sp³-hybridized carbons (Fsp3) is 0.432. The van der Waals surface area contributed by atoms with Gasteiger partial charge in [0.25, 0.3) is 5.78 Å². The minimum atomic E-state index is -0.287. The van der Waals surface area contributed by atoms with Gasteiger partial charge in [-0.15, -0.1) is 0 Å². The molecule has 5 heteroatoms. The van der Waals surface area contributed by atoms with Crippen LogP contribution in [0.5, 0.6) is 0 Å². The highest BCUT2D eigenvalue weighted by atomic mass is 16.6. The van der Waals surface area contributed by atoms with Crippen LogP contribution >= 0.6 is 0 Å². The van der Waals surface area contributed by atoms with E-state index in [1.54, 1.807) is 12.2 Å². The second-order valence-corrected chi connectivity index (χ2v) is 10.7. The molecule has 0 spiro atoms. The van der Waals surface area contributed by atoms with Crippen molar-refractivity contribution in [3.05, 3.63) is 94.8 Å². The molecule has 1 heterocycles. The van der Waals surface area contributed by atoms with Crippen molar-refractivity contribution in [1.82, 2.24) is 0 Å². The fourth-order valence-electron chi connectivity index (χ4n) is 4.99. The number of rotatable bonds is 14. The van der Waals surface area contributed by atoms with E-state index in [4.69, 9.17) is 9.47 Å². The van der Waals surface area contributed by atoms with Crippen LogP contribution in [-0.2, 0) is 14.3 Å². The van der Waals surface area contributed by atoms with Gasteiger partial charge in [0, 0.05) is 37.6 Å². The molecule has 0 aliphatic carbocycles. The zero-order chi connectivity index (χ0) is 30.3. The Morgan fingerprint density at radius 1 is 0.548 bits per heavy atom. The lowest BCUT2D eigenvalue weighted by atomic mass is 10.1. The molecule has 1 fully saturated rings. The van der Waals surface area contributed by atoms with Crippen LogP contribution in [0.2, 0.25) is 0 Å². The van der Waals surface area contributed by atoms with Crippen LogP contribution in [0.25, 0.3) is 12.2 Å². The Labute approximate surface area is 254 Å². The number of carbonyl (C=O) groups is 1. The molecule has 0 saturated carbocycles. The van der Waals surface area contributed by atoms with Crippen molar-refractivity contribution < 1.29 is 14.3 Å². The van der Waals surface area contributed by atoms with Gasteiger partial charge in [-0.1, -0.05) is 64.8 Å². The summed E-state index contributed by atoms with van der Waals surface area (Å²) in [7, 11) is 0. The molecule has 0 N–H and O–H groups in total. The predicted molar refractivity (Wildman–Crippen MR) is 178 cm³/mol. The number of anilines is 2. The number of benzene rings is 2. The summed E-state index contributed by atoms with van der Waals surface area (Å²) in [6.45, 7) is 16.8. The Balaban J connectivity index is 1.92. The van der Waals surface area contributed by atoms with Crippen molar-refractivity contribution in [2.24, 2.45) is 0 Å². The number of ether oxygens (including phenoxy) is 2. The van der Waals surface area contributed by atoms with Gasteiger partial charge in [0.15, 0.2) is 23.0 Å². The van der Waals surface area contributed by atoms with Gasteiger partial charge in [-0.2, -0.15) is 0 Å². The van der Waals surface area contributed by atoms with Crippen molar-refractivity contribution in [2.75, 3.05) is 36.0 Å². The number of unbranched alkanes of at least 4 members (excludes halogenated alkanes) is 2. The molecular weight excluding hydrogens is 520 g/mol. The van der Waals surface area contributed by atoms with E-state index in [0.29, 0.717) is 11.5 Å².